The molecule has 1 aromatic heterocycles. The highest BCUT2D eigenvalue weighted by atomic mass is 16.5. The average Bonchev–Trinajstić information content (AvgIpc) is 2.42. The van der Waals surface area contributed by atoms with E-state index in [1.54, 1.807) is 12.3 Å². The summed E-state index contributed by atoms with van der Waals surface area (Å²) in [5, 5.41) is 5.86. The third kappa shape index (κ3) is 4.80. The van der Waals surface area contributed by atoms with E-state index >= 15 is 0 Å². The van der Waals surface area contributed by atoms with Crippen LogP contribution in [0.4, 0.5) is 17.2 Å². The van der Waals surface area contributed by atoms with Gasteiger partial charge in [-0.2, -0.15) is 0 Å². The van der Waals surface area contributed by atoms with E-state index in [0.717, 1.165) is 17.1 Å². The summed E-state index contributed by atoms with van der Waals surface area (Å²) in [6.07, 6.45) is 1.83. The summed E-state index contributed by atoms with van der Waals surface area (Å²) < 4.78 is 5.59. The molecule has 5 heteroatoms. The predicted octanol–water partition coefficient (Wildman–Crippen LogP) is 3.57. The van der Waals surface area contributed by atoms with Gasteiger partial charge in [-0.05, 0) is 50.2 Å². The molecular weight excluding hydrogens is 266 g/mol. The number of hydrogen-bond acceptors (Lipinski definition) is 4. The zero-order chi connectivity index (χ0) is 15.2. The lowest BCUT2D eigenvalue weighted by atomic mass is 10.3. The Morgan fingerprint density at radius 1 is 1.10 bits per heavy atom. The van der Waals surface area contributed by atoms with Crippen LogP contribution in [0.25, 0.3) is 0 Å². The number of rotatable bonds is 5. The molecule has 0 aliphatic rings. The van der Waals surface area contributed by atoms with Crippen LogP contribution in [0.15, 0.2) is 42.6 Å². The van der Waals surface area contributed by atoms with Gasteiger partial charge in [-0.3, -0.25) is 4.79 Å². The van der Waals surface area contributed by atoms with Gasteiger partial charge < -0.3 is 15.4 Å². The first-order chi connectivity index (χ1) is 10.0. The van der Waals surface area contributed by atoms with Gasteiger partial charge in [0.05, 0.1) is 18.0 Å². The zero-order valence-electron chi connectivity index (χ0n) is 12.4. The van der Waals surface area contributed by atoms with E-state index in [0.29, 0.717) is 5.82 Å². The molecule has 0 radical (unpaired) electrons. The number of carbonyl (C=O) groups is 1. The summed E-state index contributed by atoms with van der Waals surface area (Å²) in [6, 6.07) is 11.3. The number of aromatic nitrogens is 1. The molecule has 0 bridgehead atoms. The van der Waals surface area contributed by atoms with Crippen LogP contribution in [-0.2, 0) is 4.79 Å². The van der Waals surface area contributed by atoms with E-state index in [1.807, 2.05) is 44.2 Å². The van der Waals surface area contributed by atoms with E-state index in [1.165, 1.54) is 6.92 Å². The first-order valence-corrected chi connectivity index (χ1v) is 6.80. The summed E-state index contributed by atoms with van der Waals surface area (Å²) in [5.74, 6) is 1.24. The summed E-state index contributed by atoms with van der Waals surface area (Å²) in [5.41, 5.74) is 1.79. The van der Waals surface area contributed by atoms with Crippen LogP contribution >= 0.6 is 0 Å². The lowest BCUT2D eigenvalue weighted by Crippen LogP contribution is -2.07. The molecule has 0 saturated heterocycles. The summed E-state index contributed by atoms with van der Waals surface area (Å²) >= 11 is 0. The molecule has 2 rings (SSSR count). The molecule has 1 amide bonds. The summed E-state index contributed by atoms with van der Waals surface area (Å²) in [7, 11) is 0. The molecule has 0 aliphatic carbocycles. The van der Waals surface area contributed by atoms with Gasteiger partial charge in [0.1, 0.15) is 11.6 Å². The van der Waals surface area contributed by atoms with Crippen molar-refractivity contribution in [2.75, 3.05) is 10.6 Å². The highest BCUT2D eigenvalue weighted by Gasteiger charge is 2.00. The van der Waals surface area contributed by atoms with Crippen LogP contribution in [0.5, 0.6) is 5.75 Å². The van der Waals surface area contributed by atoms with Gasteiger partial charge in [0, 0.05) is 12.6 Å². The summed E-state index contributed by atoms with van der Waals surface area (Å²) in [4.78, 5) is 15.1. The number of pyridine rings is 1. The maximum absolute atomic E-state index is 10.9. The molecular formula is C16H19N3O2. The Hall–Kier alpha value is -2.56. The molecule has 0 atom stereocenters. The first-order valence-electron chi connectivity index (χ1n) is 6.80. The molecule has 1 aromatic carbocycles. The molecule has 5 nitrogen and oxygen atoms in total. The Bertz CT molecular complexity index is 592. The topological polar surface area (TPSA) is 63.2 Å². The van der Waals surface area contributed by atoms with Crippen molar-refractivity contribution in [2.24, 2.45) is 0 Å². The number of ether oxygens (including phenoxy) is 1. The van der Waals surface area contributed by atoms with Crippen molar-refractivity contribution in [2.45, 2.75) is 26.9 Å². The molecule has 2 N–H and O–H groups in total. The molecule has 2 aromatic rings. The maximum Gasteiger partial charge on any atom is 0.222 e. The second-order valence-electron chi connectivity index (χ2n) is 4.93. The smallest absolute Gasteiger partial charge is 0.222 e. The Morgan fingerprint density at radius 2 is 1.76 bits per heavy atom. The number of hydrogen-bond donors (Lipinski definition) is 2. The Balaban J connectivity index is 1.99. The fourth-order valence-electron chi connectivity index (χ4n) is 1.78. The minimum absolute atomic E-state index is 0.135. The van der Waals surface area contributed by atoms with Gasteiger partial charge in [0.25, 0.3) is 0 Å². The molecule has 1 heterocycles. The van der Waals surface area contributed by atoms with Crippen LogP contribution < -0.4 is 15.4 Å². The third-order valence-corrected chi connectivity index (χ3v) is 2.58. The lowest BCUT2D eigenvalue weighted by Gasteiger charge is -2.11. The van der Waals surface area contributed by atoms with Gasteiger partial charge in [-0.25, -0.2) is 4.98 Å². The van der Waals surface area contributed by atoms with Crippen molar-refractivity contribution in [1.29, 1.82) is 0 Å². The zero-order valence-corrected chi connectivity index (χ0v) is 12.4. The van der Waals surface area contributed by atoms with Gasteiger partial charge in [0.15, 0.2) is 0 Å². The Labute approximate surface area is 124 Å². The monoisotopic (exact) mass is 285 g/mol. The van der Waals surface area contributed by atoms with E-state index < -0.39 is 0 Å². The fraction of sp³-hybridized carbons (Fsp3) is 0.250. The molecule has 0 unspecified atom stereocenters. The van der Waals surface area contributed by atoms with Crippen molar-refractivity contribution in [3.63, 3.8) is 0 Å². The maximum atomic E-state index is 10.9. The predicted molar refractivity (Wildman–Crippen MR) is 84.0 cm³/mol. The minimum atomic E-state index is -0.135. The van der Waals surface area contributed by atoms with E-state index in [4.69, 9.17) is 4.74 Å². The van der Waals surface area contributed by atoms with E-state index in [9.17, 15) is 4.79 Å². The standard InChI is InChI=1S/C16H19N3O2/c1-11(2)21-15-7-4-13(5-8-15)19-14-6-9-16(17-10-14)18-12(3)20/h4-11,19H,1-3H3,(H,17,18,20). The van der Waals surface area contributed by atoms with Crippen molar-refractivity contribution < 1.29 is 9.53 Å². The van der Waals surface area contributed by atoms with Crippen molar-refractivity contribution in [3.8, 4) is 5.75 Å². The second kappa shape index (κ2) is 6.74. The van der Waals surface area contributed by atoms with Crippen LogP contribution in [0.2, 0.25) is 0 Å². The van der Waals surface area contributed by atoms with Crippen LogP contribution in [-0.4, -0.2) is 17.0 Å². The van der Waals surface area contributed by atoms with Crippen LogP contribution in [0.3, 0.4) is 0 Å². The molecule has 0 aliphatic heterocycles. The highest BCUT2D eigenvalue weighted by molar-refractivity contribution is 5.87. The van der Waals surface area contributed by atoms with Crippen LogP contribution in [0, 0.1) is 0 Å². The number of benzene rings is 1. The fourth-order valence-corrected chi connectivity index (χ4v) is 1.78. The molecule has 21 heavy (non-hydrogen) atoms. The second-order valence-corrected chi connectivity index (χ2v) is 4.93. The Kier molecular flexibility index (Phi) is 4.77. The average molecular weight is 285 g/mol. The molecule has 0 fully saturated rings. The SMILES string of the molecule is CC(=O)Nc1ccc(Nc2ccc(OC(C)C)cc2)cn1. The van der Waals surface area contributed by atoms with Crippen molar-refractivity contribution in [1.82, 2.24) is 4.98 Å². The Morgan fingerprint density at radius 3 is 2.29 bits per heavy atom. The largest absolute Gasteiger partial charge is 0.491 e. The number of carbonyl (C=O) groups excluding carboxylic acids is 1. The normalized spacial score (nSPS) is 10.3. The molecule has 110 valence electrons. The number of anilines is 3. The third-order valence-electron chi connectivity index (χ3n) is 2.58. The summed E-state index contributed by atoms with van der Waals surface area (Å²) in [6.45, 7) is 5.44. The quantitative estimate of drug-likeness (QED) is 0.881. The highest BCUT2D eigenvalue weighted by Crippen LogP contribution is 2.21. The van der Waals surface area contributed by atoms with Crippen LogP contribution in [0.1, 0.15) is 20.8 Å². The minimum Gasteiger partial charge on any atom is -0.491 e. The van der Waals surface area contributed by atoms with Gasteiger partial charge in [-0.15, -0.1) is 0 Å². The first kappa shape index (κ1) is 14.8. The van der Waals surface area contributed by atoms with E-state index in [2.05, 4.69) is 15.6 Å². The molecule has 0 spiro atoms. The van der Waals surface area contributed by atoms with Gasteiger partial charge >= 0.3 is 0 Å². The van der Waals surface area contributed by atoms with Crippen molar-refractivity contribution in [3.05, 3.63) is 42.6 Å². The van der Waals surface area contributed by atoms with Gasteiger partial charge in [0.2, 0.25) is 5.91 Å². The number of amides is 1. The lowest BCUT2D eigenvalue weighted by molar-refractivity contribution is -0.114. The number of nitrogens with zero attached hydrogens (tertiary/aromatic N) is 1. The molecule has 0 saturated carbocycles. The van der Waals surface area contributed by atoms with Crippen molar-refractivity contribution >= 4 is 23.1 Å². The van der Waals surface area contributed by atoms with E-state index in [-0.39, 0.29) is 12.0 Å². The number of nitrogens with one attached hydrogen (secondary N) is 2. The van der Waals surface area contributed by atoms with Gasteiger partial charge in [-0.1, -0.05) is 0 Å².